The van der Waals surface area contributed by atoms with E-state index in [1.165, 1.54) is 0 Å². The topological polar surface area (TPSA) is 103 Å². The maximum absolute atomic E-state index is 11.7. The third-order valence-electron chi connectivity index (χ3n) is 2.95. The molecule has 4 N–H and O–H groups in total. The minimum Gasteiger partial charge on any atom is -0.354 e. The molecule has 146 valence electrons. The second-order valence-corrected chi connectivity index (χ2v) is 6.97. The maximum atomic E-state index is 11.7. The number of nitrogens with one attached hydrogen (secondary N) is 4. The summed E-state index contributed by atoms with van der Waals surface area (Å²) in [4.78, 5) is 36.1. The van der Waals surface area contributed by atoms with E-state index in [4.69, 9.17) is 23.2 Å². The van der Waals surface area contributed by atoms with E-state index in [1.807, 2.05) is 25.7 Å². The molecule has 0 aromatic carbocycles. The van der Waals surface area contributed by atoms with Crippen LogP contribution >= 0.6 is 23.2 Å². The van der Waals surface area contributed by atoms with Gasteiger partial charge in [-0.15, -0.1) is 23.2 Å². The Bertz CT molecular complexity index is 408. The van der Waals surface area contributed by atoms with Crippen molar-refractivity contribution in [3.8, 4) is 0 Å². The molecule has 0 heterocycles. The highest BCUT2D eigenvalue weighted by Gasteiger charge is 2.13. The number of halogens is 2. The number of urea groups is 1. The summed E-state index contributed by atoms with van der Waals surface area (Å²) in [6.07, 6.45) is 0. The molecule has 0 bridgehead atoms. The first-order valence-corrected chi connectivity index (χ1v) is 9.18. The van der Waals surface area contributed by atoms with E-state index in [9.17, 15) is 14.4 Å². The zero-order valence-electron chi connectivity index (χ0n) is 15.1. The van der Waals surface area contributed by atoms with Crippen LogP contribution in [0.1, 0.15) is 20.8 Å². The predicted octanol–water partition coefficient (Wildman–Crippen LogP) is 0.0961. The Labute approximate surface area is 159 Å². The number of hydrogen-bond acceptors (Lipinski definition) is 4. The van der Waals surface area contributed by atoms with E-state index >= 15 is 0 Å². The molecule has 0 rings (SSSR count). The lowest BCUT2D eigenvalue weighted by Gasteiger charge is -2.24. The van der Waals surface area contributed by atoms with Crippen LogP contribution in [0, 0.1) is 0 Å². The molecule has 0 aliphatic rings. The fourth-order valence-electron chi connectivity index (χ4n) is 1.85. The van der Waals surface area contributed by atoms with E-state index in [-0.39, 0.29) is 35.1 Å². The average molecular weight is 398 g/mol. The summed E-state index contributed by atoms with van der Waals surface area (Å²) < 4.78 is 0. The molecule has 0 unspecified atom stereocenters. The van der Waals surface area contributed by atoms with Crippen molar-refractivity contribution in [3.63, 3.8) is 0 Å². The van der Waals surface area contributed by atoms with E-state index in [2.05, 4.69) is 21.3 Å². The van der Waals surface area contributed by atoms with Gasteiger partial charge in [-0.2, -0.15) is 0 Å². The van der Waals surface area contributed by atoms with E-state index in [1.54, 1.807) is 0 Å². The largest absolute Gasteiger partial charge is 0.354 e. The highest BCUT2D eigenvalue weighted by atomic mass is 35.5. The summed E-state index contributed by atoms with van der Waals surface area (Å²) in [6.45, 7) is 8.73. The van der Waals surface area contributed by atoms with Gasteiger partial charge >= 0.3 is 6.03 Å². The van der Waals surface area contributed by atoms with Gasteiger partial charge in [0, 0.05) is 44.8 Å². The van der Waals surface area contributed by atoms with E-state index in [0.29, 0.717) is 39.3 Å². The van der Waals surface area contributed by atoms with Crippen LogP contribution in [-0.2, 0) is 9.59 Å². The molecular formula is C15H29Cl2N5O3. The van der Waals surface area contributed by atoms with Gasteiger partial charge in [0.15, 0.2) is 0 Å². The SMILES string of the molecule is CC(C)(C)NC(=O)NCCN(CCNC(=O)CCl)CCNC(=O)CCl. The van der Waals surface area contributed by atoms with Gasteiger partial charge in [-0.3, -0.25) is 14.5 Å². The first kappa shape index (κ1) is 23.8. The van der Waals surface area contributed by atoms with Gasteiger partial charge in [-0.25, -0.2) is 4.79 Å². The number of carbonyl (C=O) groups is 3. The van der Waals surface area contributed by atoms with Crippen LogP contribution in [0.5, 0.6) is 0 Å². The van der Waals surface area contributed by atoms with Crippen LogP contribution in [0.2, 0.25) is 0 Å². The molecule has 0 spiro atoms. The number of nitrogens with zero attached hydrogens (tertiary/aromatic N) is 1. The Morgan fingerprint density at radius 1 is 0.800 bits per heavy atom. The van der Waals surface area contributed by atoms with Crippen LogP contribution in [0.4, 0.5) is 4.79 Å². The van der Waals surface area contributed by atoms with Gasteiger partial charge in [0.25, 0.3) is 0 Å². The molecule has 4 amide bonds. The summed E-state index contributed by atoms with van der Waals surface area (Å²) in [5.41, 5.74) is -0.304. The Balaban J connectivity index is 4.24. The van der Waals surface area contributed by atoms with Crippen LogP contribution < -0.4 is 21.3 Å². The smallest absolute Gasteiger partial charge is 0.315 e. The Morgan fingerprint density at radius 2 is 1.20 bits per heavy atom. The summed E-state index contributed by atoms with van der Waals surface area (Å²) in [5.74, 6) is -0.639. The summed E-state index contributed by atoms with van der Waals surface area (Å²) in [5, 5.41) is 11.0. The summed E-state index contributed by atoms with van der Waals surface area (Å²) in [7, 11) is 0. The fraction of sp³-hybridized carbons (Fsp3) is 0.800. The van der Waals surface area contributed by atoms with E-state index in [0.717, 1.165) is 0 Å². The number of alkyl halides is 2. The molecule has 25 heavy (non-hydrogen) atoms. The van der Waals surface area contributed by atoms with Gasteiger partial charge in [-0.1, -0.05) is 0 Å². The second kappa shape index (κ2) is 13.0. The standard InChI is InChI=1S/C15H29Cl2N5O3/c1-15(2,3)21-14(25)20-6-9-22(7-4-18-12(23)10-16)8-5-19-13(24)11-17/h4-11H2,1-3H3,(H,18,23)(H,19,24)(H2,20,21,25). The minimum atomic E-state index is -0.304. The lowest BCUT2D eigenvalue weighted by molar-refractivity contribution is -0.119. The van der Waals surface area contributed by atoms with Crippen molar-refractivity contribution >= 4 is 41.0 Å². The molecule has 8 nitrogen and oxygen atoms in total. The third-order valence-corrected chi connectivity index (χ3v) is 3.43. The zero-order chi connectivity index (χ0) is 19.3. The van der Waals surface area contributed by atoms with Gasteiger partial charge in [0.1, 0.15) is 11.8 Å². The third kappa shape index (κ3) is 14.8. The Morgan fingerprint density at radius 3 is 1.56 bits per heavy atom. The molecule has 10 heteroatoms. The number of rotatable bonds is 11. The van der Waals surface area contributed by atoms with Crippen LogP contribution in [0.3, 0.4) is 0 Å². The highest BCUT2D eigenvalue weighted by molar-refractivity contribution is 6.27. The van der Waals surface area contributed by atoms with Gasteiger partial charge in [-0.05, 0) is 20.8 Å². The van der Waals surface area contributed by atoms with Crippen molar-refractivity contribution in [2.24, 2.45) is 0 Å². The molecule has 0 radical (unpaired) electrons. The van der Waals surface area contributed by atoms with Crippen molar-refractivity contribution in [2.45, 2.75) is 26.3 Å². The monoisotopic (exact) mass is 397 g/mol. The zero-order valence-corrected chi connectivity index (χ0v) is 16.6. The number of carbonyl (C=O) groups excluding carboxylic acids is 3. The van der Waals surface area contributed by atoms with E-state index < -0.39 is 0 Å². The fourth-order valence-corrected chi connectivity index (χ4v) is 2.04. The summed E-state index contributed by atoms with van der Waals surface area (Å²) in [6, 6.07) is -0.238. The molecule has 0 atom stereocenters. The molecule has 0 saturated heterocycles. The van der Waals surface area contributed by atoms with Gasteiger partial charge in [0.2, 0.25) is 11.8 Å². The molecule has 0 fully saturated rings. The lowest BCUT2D eigenvalue weighted by Crippen LogP contribution is -2.49. The Hall–Kier alpha value is -1.25. The van der Waals surface area contributed by atoms with Gasteiger partial charge < -0.3 is 21.3 Å². The molecule has 0 aromatic rings. The molecule has 0 saturated carbocycles. The van der Waals surface area contributed by atoms with Gasteiger partial charge in [0.05, 0.1) is 0 Å². The lowest BCUT2D eigenvalue weighted by atomic mass is 10.1. The van der Waals surface area contributed by atoms with Crippen LogP contribution in [0.15, 0.2) is 0 Å². The highest BCUT2D eigenvalue weighted by Crippen LogP contribution is 1.97. The van der Waals surface area contributed by atoms with Crippen molar-refractivity contribution in [3.05, 3.63) is 0 Å². The Kier molecular flexibility index (Phi) is 12.4. The quantitative estimate of drug-likeness (QED) is 0.371. The average Bonchev–Trinajstić information content (AvgIpc) is 2.52. The molecular weight excluding hydrogens is 369 g/mol. The van der Waals surface area contributed by atoms with Crippen molar-refractivity contribution in [1.82, 2.24) is 26.2 Å². The molecule has 0 aliphatic heterocycles. The first-order chi connectivity index (χ1) is 11.7. The first-order valence-electron chi connectivity index (χ1n) is 8.11. The van der Waals surface area contributed by atoms with Crippen LogP contribution in [-0.4, -0.2) is 79.3 Å². The number of amides is 4. The van der Waals surface area contributed by atoms with Crippen molar-refractivity contribution in [2.75, 3.05) is 51.0 Å². The summed E-state index contributed by atoms with van der Waals surface area (Å²) >= 11 is 10.9. The molecule has 0 aliphatic carbocycles. The maximum Gasteiger partial charge on any atom is 0.315 e. The number of hydrogen-bond donors (Lipinski definition) is 4. The van der Waals surface area contributed by atoms with Crippen molar-refractivity contribution < 1.29 is 14.4 Å². The van der Waals surface area contributed by atoms with Crippen molar-refractivity contribution in [1.29, 1.82) is 0 Å². The van der Waals surface area contributed by atoms with Crippen LogP contribution in [0.25, 0.3) is 0 Å². The normalized spacial score (nSPS) is 11.1. The minimum absolute atomic E-state index is 0.0830. The predicted molar refractivity (Wildman–Crippen MR) is 100 cm³/mol. The molecule has 0 aromatic heterocycles. The second-order valence-electron chi connectivity index (χ2n) is 6.44.